The molecule has 2 atom stereocenters. The number of unbranched alkanes of at least 4 members (excludes halogenated alkanes) is 1. The van der Waals surface area contributed by atoms with Gasteiger partial charge < -0.3 is 14.2 Å². The molecule has 1 heterocycles. The molecule has 0 radical (unpaired) electrons. The van der Waals surface area contributed by atoms with Gasteiger partial charge in [-0.05, 0) is 50.1 Å². The zero-order valence-corrected chi connectivity index (χ0v) is 16.1. The van der Waals surface area contributed by atoms with E-state index in [0.717, 1.165) is 43.5 Å². The molecule has 0 fully saturated rings. The Morgan fingerprint density at radius 3 is 2.52 bits per heavy atom. The Morgan fingerprint density at radius 1 is 1.24 bits per heavy atom. The Labute approximate surface area is 151 Å². The van der Waals surface area contributed by atoms with Gasteiger partial charge in [0.25, 0.3) is 0 Å². The van der Waals surface area contributed by atoms with Crippen molar-refractivity contribution < 1.29 is 19.0 Å². The molecule has 2 unspecified atom stereocenters. The molecule has 0 bridgehead atoms. The number of hydrogen-bond donors (Lipinski definition) is 0. The quantitative estimate of drug-likeness (QED) is 0.671. The van der Waals surface area contributed by atoms with Crippen LogP contribution in [0.25, 0.3) is 0 Å². The molecule has 0 saturated carbocycles. The summed E-state index contributed by atoms with van der Waals surface area (Å²) in [7, 11) is 5.38. The Kier molecular flexibility index (Phi) is 7.12. The van der Waals surface area contributed by atoms with Gasteiger partial charge in [0.1, 0.15) is 0 Å². The Morgan fingerprint density at radius 2 is 1.92 bits per heavy atom. The average molecular weight is 349 g/mol. The number of carbonyl (C=O) groups excluding carboxylic acids is 1. The van der Waals surface area contributed by atoms with Crippen LogP contribution in [0.1, 0.15) is 50.3 Å². The molecule has 0 aliphatic carbocycles. The van der Waals surface area contributed by atoms with E-state index in [9.17, 15) is 4.79 Å². The summed E-state index contributed by atoms with van der Waals surface area (Å²) in [6.07, 6.45) is 3.84. The lowest BCUT2D eigenvalue weighted by Gasteiger charge is -2.39. The van der Waals surface area contributed by atoms with E-state index in [4.69, 9.17) is 14.2 Å². The molecule has 140 valence electrons. The van der Waals surface area contributed by atoms with Gasteiger partial charge in [0.15, 0.2) is 11.5 Å². The van der Waals surface area contributed by atoms with Crippen LogP contribution in [-0.4, -0.2) is 45.3 Å². The van der Waals surface area contributed by atoms with Crippen LogP contribution in [0.15, 0.2) is 12.1 Å². The number of methoxy groups -OCH3 is 2. The largest absolute Gasteiger partial charge is 0.493 e. The molecular weight excluding hydrogens is 318 g/mol. The van der Waals surface area contributed by atoms with Crippen molar-refractivity contribution in [1.82, 2.24) is 4.90 Å². The molecule has 1 aromatic carbocycles. The van der Waals surface area contributed by atoms with Gasteiger partial charge in [0.2, 0.25) is 0 Å². The van der Waals surface area contributed by atoms with Crippen LogP contribution < -0.4 is 9.47 Å². The van der Waals surface area contributed by atoms with Crippen molar-refractivity contribution in [3.05, 3.63) is 23.3 Å². The molecule has 0 amide bonds. The van der Waals surface area contributed by atoms with Gasteiger partial charge in [-0.3, -0.25) is 9.69 Å². The zero-order valence-electron chi connectivity index (χ0n) is 16.1. The van der Waals surface area contributed by atoms with Crippen LogP contribution in [0.3, 0.4) is 0 Å². The van der Waals surface area contributed by atoms with E-state index in [1.807, 2.05) is 13.0 Å². The maximum Gasteiger partial charge on any atom is 0.310 e. The van der Waals surface area contributed by atoms with Crippen molar-refractivity contribution in [2.75, 3.05) is 34.4 Å². The van der Waals surface area contributed by atoms with E-state index < -0.39 is 0 Å². The maximum absolute atomic E-state index is 12.7. The highest BCUT2D eigenvalue weighted by molar-refractivity contribution is 5.74. The first kappa shape index (κ1) is 19.6. The van der Waals surface area contributed by atoms with E-state index >= 15 is 0 Å². The second-order valence-corrected chi connectivity index (χ2v) is 6.58. The monoisotopic (exact) mass is 349 g/mol. The molecule has 5 nitrogen and oxygen atoms in total. The first-order valence-electron chi connectivity index (χ1n) is 9.18. The standard InChI is InChI=1S/C20H31NO4/c1-6-8-9-15(20(22)25-7-2)19-16-13-18(24-5)17(23-4)12-14(16)10-11-21(19)3/h12-13,15,19H,6-11H2,1-5H3. The van der Waals surface area contributed by atoms with Crippen LogP contribution in [-0.2, 0) is 16.0 Å². The van der Waals surface area contributed by atoms with E-state index in [0.29, 0.717) is 12.4 Å². The summed E-state index contributed by atoms with van der Waals surface area (Å²) < 4.78 is 16.3. The first-order chi connectivity index (χ1) is 12.1. The lowest BCUT2D eigenvalue weighted by atomic mass is 9.82. The number of hydrogen-bond acceptors (Lipinski definition) is 5. The summed E-state index contributed by atoms with van der Waals surface area (Å²) in [6, 6.07) is 4.09. The summed E-state index contributed by atoms with van der Waals surface area (Å²) in [6.45, 7) is 5.34. The number of carbonyl (C=O) groups is 1. The van der Waals surface area contributed by atoms with Gasteiger partial charge in [-0.25, -0.2) is 0 Å². The van der Waals surface area contributed by atoms with Crippen LogP contribution in [0.4, 0.5) is 0 Å². The fraction of sp³-hybridized carbons (Fsp3) is 0.650. The third-order valence-corrected chi connectivity index (χ3v) is 5.01. The molecular formula is C20H31NO4. The van der Waals surface area contributed by atoms with Crippen LogP contribution in [0.5, 0.6) is 11.5 Å². The zero-order chi connectivity index (χ0) is 18.4. The van der Waals surface area contributed by atoms with E-state index in [1.54, 1.807) is 14.2 Å². The third kappa shape index (κ3) is 4.27. The highest BCUT2D eigenvalue weighted by atomic mass is 16.5. The third-order valence-electron chi connectivity index (χ3n) is 5.01. The highest BCUT2D eigenvalue weighted by Crippen LogP contribution is 2.42. The average Bonchev–Trinajstić information content (AvgIpc) is 2.62. The van der Waals surface area contributed by atoms with Crippen LogP contribution in [0.2, 0.25) is 0 Å². The minimum Gasteiger partial charge on any atom is -0.493 e. The normalized spacial score (nSPS) is 18.4. The van der Waals surface area contributed by atoms with E-state index in [2.05, 4.69) is 24.9 Å². The van der Waals surface area contributed by atoms with Crippen LogP contribution >= 0.6 is 0 Å². The van der Waals surface area contributed by atoms with E-state index in [1.165, 1.54) is 5.56 Å². The topological polar surface area (TPSA) is 48.0 Å². The molecule has 0 spiro atoms. The number of nitrogens with zero attached hydrogens (tertiary/aromatic N) is 1. The van der Waals surface area contributed by atoms with Crippen molar-refractivity contribution in [2.24, 2.45) is 5.92 Å². The fourth-order valence-electron chi connectivity index (χ4n) is 3.70. The molecule has 2 rings (SSSR count). The summed E-state index contributed by atoms with van der Waals surface area (Å²) in [5.74, 6) is 1.18. The van der Waals surface area contributed by atoms with E-state index in [-0.39, 0.29) is 17.9 Å². The second kappa shape index (κ2) is 9.09. The summed E-state index contributed by atoms with van der Waals surface area (Å²) >= 11 is 0. The summed E-state index contributed by atoms with van der Waals surface area (Å²) in [5.41, 5.74) is 2.38. The maximum atomic E-state index is 12.7. The molecule has 5 heteroatoms. The first-order valence-corrected chi connectivity index (χ1v) is 9.18. The van der Waals surface area contributed by atoms with Gasteiger partial charge in [-0.2, -0.15) is 0 Å². The predicted octanol–water partition coefficient (Wildman–Crippen LogP) is 3.60. The summed E-state index contributed by atoms with van der Waals surface area (Å²) in [4.78, 5) is 14.9. The number of likely N-dealkylation sites (N-methyl/N-ethyl adjacent to an activating group) is 1. The van der Waals surface area contributed by atoms with Crippen molar-refractivity contribution >= 4 is 5.97 Å². The van der Waals surface area contributed by atoms with Gasteiger partial charge in [0.05, 0.1) is 26.7 Å². The molecule has 25 heavy (non-hydrogen) atoms. The van der Waals surface area contributed by atoms with Crippen LogP contribution in [0, 0.1) is 5.92 Å². The van der Waals surface area contributed by atoms with Crippen molar-refractivity contribution in [1.29, 1.82) is 0 Å². The fourth-order valence-corrected chi connectivity index (χ4v) is 3.70. The van der Waals surface area contributed by atoms with Gasteiger partial charge in [-0.1, -0.05) is 19.8 Å². The van der Waals surface area contributed by atoms with Gasteiger partial charge in [-0.15, -0.1) is 0 Å². The molecule has 1 aliphatic heterocycles. The number of esters is 1. The lowest BCUT2D eigenvalue weighted by Crippen LogP contribution is -2.40. The van der Waals surface area contributed by atoms with Gasteiger partial charge in [0, 0.05) is 12.6 Å². The minimum absolute atomic E-state index is 0.00848. The Balaban J connectivity index is 2.46. The van der Waals surface area contributed by atoms with Crippen molar-refractivity contribution in [3.63, 3.8) is 0 Å². The molecule has 0 aromatic heterocycles. The predicted molar refractivity (Wildman–Crippen MR) is 98.3 cm³/mol. The van der Waals surface area contributed by atoms with Crippen molar-refractivity contribution in [2.45, 2.75) is 45.6 Å². The number of fused-ring (bicyclic) bond motifs is 1. The number of benzene rings is 1. The molecule has 1 aliphatic rings. The van der Waals surface area contributed by atoms with Crippen molar-refractivity contribution in [3.8, 4) is 11.5 Å². The number of ether oxygens (including phenoxy) is 3. The minimum atomic E-state index is -0.165. The highest BCUT2D eigenvalue weighted by Gasteiger charge is 2.37. The molecule has 1 aromatic rings. The SMILES string of the molecule is CCCCC(C(=O)OCC)C1c2cc(OC)c(OC)cc2CCN1C. The Hall–Kier alpha value is -1.75. The lowest BCUT2D eigenvalue weighted by molar-refractivity contribution is -0.151. The molecule has 0 N–H and O–H groups in total. The number of rotatable bonds is 8. The van der Waals surface area contributed by atoms with Gasteiger partial charge >= 0.3 is 5.97 Å². The summed E-state index contributed by atoms with van der Waals surface area (Å²) in [5, 5.41) is 0. The smallest absolute Gasteiger partial charge is 0.310 e. The molecule has 0 saturated heterocycles. The Bertz CT molecular complexity index is 587. The second-order valence-electron chi connectivity index (χ2n) is 6.58.